The Morgan fingerprint density at radius 1 is 0.958 bits per heavy atom. The molecule has 3 heteroatoms. The number of hydrogen-bond acceptors (Lipinski definition) is 2. The van der Waals surface area contributed by atoms with Crippen LogP contribution in [0, 0.1) is 0 Å². The average Bonchev–Trinajstić information content (AvgIpc) is 2.61. The maximum absolute atomic E-state index is 10.3. The molecule has 2 fully saturated rings. The van der Waals surface area contributed by atoms with E-state index in [9.17, 15) is 4.79 Å². The first-order chi connectivity index (χ1) is 11.6. The minimum atomic E-state index is -0.804. The van der Waals surface area contributed by atoms with Crippen molar-refractivity contribution in [2.45, 2.75) is 116 Å². The zero-order chi connectivity index (χ0) is 17.6. The Balaban J connectivity index is 0.000000245. The maximum atomic E-state index is 10.3. The summed E-state index contributed by atoms with van der Waals surface area (Å²) in [5.41, 5.74) is 0.459. The van der Waals surface area contributed by atoms with Crippen LogP contribution in [0.5, 0.6) is 0 Å². The summed E-state index contributed by atoms with van der Waals surface area (Å²) in [5, 5.41) is 12.3. The van der Waals surface area contributed by atoms with Crippen molar-refractivity contribution >= 4 is 5.97 Å². The number of nitrogens with one attached hydrogen (secondary N) is 1. The summed E-state index contributed by atoms with van der Waals surface area (Å²) < 4.78 is 0. The first-order valence-electron chi connectivity index (χ1n) is 10.3. The fourth-order valence-electron chi connectivity index (χ4n) is 3.67. The molecular formula is C21H39NO2. The van der Waals surface area contributed by atoms with Crippen molar-refractivity contribution in [3.05, 3.63) is 11.6 Å². The Labute approximate surface area is 149 Å². The molecule has 0 radical (unpaired) electrons. The average molecular weight is 338 g/mol. The highest BCUT2D eigenvalue weighted by Gasteiger charge is 2.19. The van der Waals surface area contributed by atoms with Crippen LogP contribution in [0.3, 0.4) is 0 Å². The molecule has 0 aromatic rings. The summed E-state index contributed by atoms with van der Waals surface area (Å²) in [7, 11) is 0. The van der Waals surface area contributed by atoms with Gasteiger partial charge in [-0.15, -0.1) is 0 Å². The number of carbonyl (C=O) groups is 1. The fourth-order valence-corrected chi connectivity index (χ4v) is 3.67. The lowest BCUT2D eigenvalue weighted by molar-refractivity contribution is -0.132. The van der Waals surface area contributed by atoms with Crippen LogP contribution in [0.25, 0.3) is 0 Å². The maximum Gasteiger partial charge on any atom is 0.330 e. The van der Waals surface area contributed by atoms with E-state index in [-0.39, 0.29) is 0 Å². The van der Waals surface area contributed by atoms with E-state index < -0.39 is 5.97 Å². The Kier molecular flexibility index (Phi) is 11.9. The van der Waals surface area contributed by atoms with Gasteiger partial charge in [0.05, 0.1) is 0 Å². The number of aliphatic carboxylic acids is 1. The second-order valence-corrected chi connectivity index (χ2v) is 7.52. The number of unbranched alkanes of at least 4 members (excludes halogenated alkanes) is 3. The van der Waals surface area contributed by atoms with Crippen LogP contribution in [0.2, 0.25) is 0 Å². The molecule has 0 saturated heterocycles. The van der Waals surface area contributed by atoms with E-state index in [2.05, 4.69) is 12.2 Å². The van der Waals surface area contributed by atoms with Crippen LogP contribution < -0.4 is 5.32 Å². The van der Waals surface area contributed by atoms with E-state index in [4.69, 9.17) is 5.11 Å². The van der Waals surface area contributed by atoms with Crippen molar-refractivity contribution in [2.75, 3.05) is 0 Å². The van der Waals surface area contributed by atoms with E-state index >= 15 is 0 Å². The van der Waals surface area contributed by atoms with Gasteiger partial charge in [-0.25, -0.2) is 4.79 Å². The molecule has 3 nitrogen and oxygen atoms in total. The van der Waals surface area contributed by atoms with Crippen molar-refractivity contribution in [3.63, 3.8) is 0 Å². The van der Waals surface area contributed by atoms with Crippen molar-refractivity contribution in [2.24, 2.45) is 0 Å². The molecule has 2 aliphatic carbocycles. The van der Waals surface area contributed by atoms with Crippen LogP contribution in [-0.4, -0.2) is 23.2 Å². The minimum Gasteiger partial charge on any atom is -0.478 e. The van der Waals surface area contributed by atoms with Crippen LogP contribution in [0.1, 0.15) is 104 Å². The third kappa shape index (κ3) is 10.1. The third-order valence-corrected chi connectivity index (χ3v) is 5.28. The topological polar surface area (TPSA) is 49.3 Å². The normalized spacial score (nSPS) is 20.3. The lowest BCUT2D eigenvalue weighted by Gasteiger charge is -2.30. The lowest BCUT2D eigenvalue weighted by Crippen LogP contribution is -2.40. The van der Waals surface area contributed by atoms with E-state index in [1.165, 1.54) is 77.0 Å². The lowest BCUT2D eigenvalue weighted by atomic mass is 9.91. The second-order valence-electron chi connectivity index (χ2n) is 7.52. The molecule has 0 aromatic carbocycles. The highest BCUT2D eigenvalue weighted by atomic mass is 16.4. The van der Waals surface area contributed by atoms with Gasteiger partial charge in [0.2, 0.25) is 0 Å². The highest BCUT2D eigenvalue weighted by molar-refractivity contribution is 5.85. The first-order valence-corrected chi connectivity index (χ1v) is 10.3. The number of carboxylic acid groups (broad SMARTS) is 1. The van der Waals surface area contributed by atoms with Gasteiger partial charge >= 0.3 is 5.97 Å². The molecule has 0 atom stereocenters. The van der Waals surface area contributed by atoms with E-state index in [0.29, 0.717) is 5.57 Å². The molecule has 2 saturated carbocycles. The molecule has 2 aliphatic rings. The third-order valence-electron chi connectivity index (χ3n) is 5.28. The van der Waals surface area contributed by atoms with Crippen molar-refractivity contribution in [1.82, 2.24) is 5.32 Å². The van der Waals surface area contributed by atoms with Gasteiger partial charge in [0.1, 0.15) is 0 Å². The summed E-state index contributed by atoms with van der Waals surface area (Å²) >= 11 is 0. The van der Waals surface area contributed by atoms with Gasteiger partial charge in [0, 0.05) is 17.7 Å². The highest BCUT2D eigenvalue weighted by Crippen LogP contribution is 2.22. The standard InChI is InChI=1S/C12H23N.C9H16O2/c1-3-7-11(8-4-1)13-12-9-5-2-6-10-12;1-3-4-5-6-7-8(2)9(10)11/h11-13H,1-10H2;7H,3-6H2,1-2H3,(H,10,11). The van der Waals surface area contributed by atoms with Crippen molar-refractivity contribution in [1.29, 1.82) is 0 Å². The molecule has 0 bridgehead atoms. The molecule has 0 aromatic heterocycles. The molecule has 0 amide bonds. The summed E-state index contributed by atoms with van der Waals surface area (Å²) in [6.45, 7) is 3.77. The number of hydrogen-bond donors (Lipinski definition) is 2. The molecule has 2 rings (SSSR count). The summed E-state index contributed by atoms with van der Waals surface area (Å²) in [6.07, 6.45) is 20.7. The zero-order valence-corrected chi connectivity index (χ0v) is 16.0. The van der Waals surface area contributed by atoms with Gasteiger partial charge in [-0.3, -0.25) is 0 Å². The van der Waals surface area contributed by atoms with Gasteiger partial charge in [0.15, 0.2) is 0 Å². The quantitative estimate of drug-likeness (QED) is 0.453. The minimum absolute atomic E-state index is 0.459. The molecule has 2 N–H and O–H groups in total. The molecule has 0 aliphatic heterocycles. The Hall–Kier alpha value is -0.830. The van der Waals surface area contributed by atoms with Crippen molar-refractivity contribution in [3.8, 4) is 0 Å². The monoisotopic (exact) mass is 337 g/mol. The van der Waals surface area contributed by atoms with Crippen molar-refractivity contribution < 1.29 is 9.90 Å². The predicted molar refractivity (Wildman–Crippen MR) is 102 cm³/mol. The largest absolute Gasteiger partial charge is 0.478 e. The second kappa shape index (κ2) is 13.5. The van der Waals surface area contributed by atoms with Gasteiger partial charge in [-0.05, 0) is 45.4 Å². The fraction of sp³-hybridized carbons (Fsp3) is 0.857. The van der Waals surface area contributed by atoms with E-state index in [1.807, 2.05) is 0 Å². The van der Waals surface area contributed by atoms with E-state index in [1.54, 1.807) is 13.0 Å². The molecular weight excluding hydrogens is 298 g/mol. The predicted octanol–water partition coefficient (Wildman–Crippen LogP) is 5.84. The van der Waals surface area contributed by atoms with Crippen LogP contribution in [0.4, 0.5) is 0 Å². The number of carboxylic acids is 1. The van der Waals surface area contributed by atoms with Gasteiger partial charge in [-0.2, -0.15) is 0 Å². The number of rotatable bonds is 7. The molecule has 0 heterocycles. The van der Waals surface area contributed by atoms with Gasteiger partial charge < -0.3 is 10.4 Å². The summed E-state index contributed by atoms with van der Waals surface area (Å²) in [5.74, 6) is -0.804. The van der Waals surface area contributed by atoms with Gasteiger partial charge in [-0.1, -0.05) is 64.4 Å². The Morgan fingerprint density at radius 3 is 1.88 bits per heavy atom. The Morgan fingerprint density at radius 2 is 1.46 bits per heavy atom. The smallest absolute Gasteiger partial charge is 0.330 e. The summed E-state index contributed by atoms with van der Waals surface area (Å²) in [4.78, 5) is 10.3. The molecule has 0 unspecified atom stereocenters. The molecule has 24 heavy (non-hydrogen) atoms. The van der Waals surface area contributed by atoms with Crippen LogP contribution in [0.15, 0.2) is 11.6 Å². The first kappa shape index (κ1) is 21.2. The van der Waals surface area contributed by atoms with Crippen LogP contribution >= 0.6 is 0 Å². The summed E-state index contributed by atoms with van der Waals surface area (Å²) in [6, 6.07) is 1.74. The van der Waals surface area contributed by atoms with Crippen LogP contribution in [-0.2, 0) is 4.79 Å². The SMILES string of the molecule is C1CCC(NC2CCCCC2)CC1.CCCCCC=C(C)C(=O)O. The van der Waals surface area contributed by atoms with Gasteiger partial charge in [0.25, 0.3) is 0 Å². The zero-order valence-electron chi connectivity index (χ0n) is 16.0. The Bertz CT molecular complexity index is 337. The molecule has 140 valence electrons. The van der Waals surface area contributed by atoms with E-state index in [0.717, 1.165) is 24.9 Å². The number of allylic oxidation sites excluding steroid dienone is 1. The molecule has 0 spiro atoms.